The lowest BCUT2D eigenvalue weighted by atomic mass is 9.90. The van der Waals surface area contributed by atoms with Crippen LogP contribution in [-0.2, 0) is 25.5 Å². The van der Waals surface area contributed by atoms with Crippen molar-refractivity contribution in [2.45, 2.75) is 26.2 Å². The molecule has 0 spiro atoms. The fourth-order valence-electron chi connectivity index (χ4n) is 3.55. The Morgan fingerprint density at radius 3 is 2.61 bits per heavy atom. The van der Waals surface area contributed by atoms with Crippen molar-refractivity contribution >= 4 is 29.5 Å². The summed E-state index contributed by atoms with van der Waals surface area (Å²) in [5, 5.41) is 0.496. The molecule has 2 heterocycles. The Morgan fingerprint density at radius 2 is 1.93 bits per heavy atom. The van der Waals surface area contributed by atoms with Gasteiger partial charge in [0, 0.05) is 13.1 Å². The van der Waals surface area contributed by atoms with Crippen LogP contribution in [-0.4, -0.2) is 59.6 Å². The minimum atomic E-state index is -0.487. The van der Waals surface area contributed by atoms with Gasteiger partial charge >= 0.3 is 5.97 Å². The van der Waals surface area contributed by atoms with Crippen LogP contribution in [0, 0.1) is 5.92 Å². The molecule has 0 bridgehead atoms. The number of hydrogen-bond donors (Lipinski definition) is 0. The molecule has 1 aromatic rings. The maximum atomic E-state index is 12.7. The summed E-state index contributed by atoms with van der Waals surface area (Å²) >= 11 is 1.27. The third-order valence-electron chi connectivity index (χ3n) is 5.07. The van der Waals surface area contributed by atoms with E-state index in [-0.39, 0.29) is 30.7 Å². The largest absolute Gasteiger partial charge is 0.463 e. The molecule has 1 aromatic carbocycles. The van der Waals surface area contributed by atoms with Gasteiger partial charge in [0.25, 0.3) is 0 Å². The monoisotopic (exact) mass is 402 g/mol. The molecule has 0 saturated carbocycles. The van der Waals surface area contributed by atoms with Gasteiger partial charge in [-0.25, -0.2) is 4.79 Å². The van der Waals surface area contributed by atoms with Crippen molar-refractivity contribution in [1.29, 1.82) is 0 Å². The first-order valence-corrected chi connectivity index (χ1v) is 10.7. The molecule has 7 heteroatoms. The number of nitrogens with zero attached hydrogens (tertiary/aromatic N) is 2. The summed E-state index contributed by atoms with van der Waals surface area (Å²) in [4.78, 5) is 39.8. The van der Waals surface area contributed by atoms with Crippen molar-refractivity contribution in [2.75, 3.05) is 32.0 Å². The smallest absolute Gasteiger partial charge is 0.333 e. The first kappa shape index (κ1) is 20.5. The zero-order valence-electron chi connectivity index (χ0n) is 16.1. The van der Waals surface area contributed by atoms with Crippen LogP contribution >= 0.6 is 11.8 Å². The number of likely N-dealkylation sites (tertiary alicyclic amines) is 1. The molecule has 0 atom stereocenters. The molecule has 2 aliphatic rings. The zero-order chi connectivity index (χ0) is 19.9. The van der Waals surface area contributed by atoms with Gasteiger partial charge in [-0.15, -0.1) is 0 Å². The molecular formula is C21H26N2O4S. The lowest BCUT2D eigenvalue weighted by Crippen LogP contribution is -2.44. The summed E-state index contributed by atoms with van der Waals surface area (Å²) < 4.78 is 4.91. The lowest BCUT2D eigenvalue weighted by molar-refractivity contribution is -0.139. The van der Waals surface area contributed by atoms with Crippen LogP contribution in [0.2, 0.25) is 0 Å². The molecule has 2 saturated heterocycles. The van der Waals surface area contributed by atoms with Crippen molar-refractivity contribution < 1.29 is 19.1 Å². The molecule has 0 radical (unpaired) electrons. The van der Waals surface area contributed by atoms with E-state index in [0.29, 0.717) is 24.0 Å². The third-order valence-corrected chi connectivity index (χ3v) is 6.09. The Hall–Kier alpha value is -2.28. The number of rotatable bonds is 6. The van der Waals surface area contributed by atoms with Gasteiger partial charge < -0.3 is 9.64 Å². The SMILES string of the molecule is CCOC(=O)C=C1SCC(=O)N1CC(=O)N1CCC(Cc2ccccc2)CC1. The summed E-state index contributed by atoms with van der Waals surface area (Å²) in [6.07, 6.45) is 4.28. The number of ether oxygens (including phenoxy) is 1. The molecule has 2 aliphatic heterocycles. The standard InChI is InChI=1S/C21H26N2O4S/c1-2-27-21(26)13-20-23(19(25)15-28-20)14-18(24)22-10-8-17(9-11-22)12-16-6-4-3-5-7-16/h3-7,13,17H,2,8-12,14-15H2,1H3. The fourth-order valence-corrected chi connectivity index (χ4v) is 4.48. The summed E-state index contributed by atoms with van der Waals surface area (Å²) in [5.74, 6) is 0.128. The lowest BCUT2D eigenvalue weighted by Gasteiger charge is -2.33. The van der Waals surface area contributed by atoms with Crippen LogP contribution in [0.5, 0.6) is 0 Å². The van der Waals surface area contributed by atoms with E-state index >= 15 is 0 Å². The zero-order valence-corrected chi connectivity index (χ0v) is 17.0. The van der Waals surface area contributed by atoms with E-state index in [1.54, 1.807) is 6.92 Å². The van der Waals surface area contributed by atoms with Crippen molar-refractivity contribution in [1.82, 2.24) is 9.80 Å². The van der Waals surface area contributed by atoms with Crippen LogP contribution in [0.3, 0.4) is 0 Å². The molecular weight excluding hydrogens is 376 g/mol. The Kier molecular flexibility index (Phi) is 7.14. The van der Waals surface area contributed by atoms with Crippen molar-refractivity contribution in [3.8, 4) is 0 Å². The second-order valence-electron chi connectivity index (χ2n) is 7.02. The predicted octanol–water partition coefficient (Wildman–Crippen LogP) is 2.45. The Balaban J connectivity index is 1.52. The van der Waals surface area contributed by atoms with Crippen LogP contribution in [0.15, 0.2) is 41.4 Å². The minimum absolute atomic E-state index is 0.0135. The average molecular weight is 403 g/mol. The van der Waals surface area contributed by atoms with E-state index in [9.17, 15) is 14.4 Å². The molecule has 6 nitrogen and oxygen atoms in total. The van der Waals surface area contributed by atoms with Gasteiger partial charge in [0.2, 0.25) is 11.8 Å². The highest BCUT2D eigenvalue weighted by Crippen LogP contribution is 2.29. The number of carbonyl (C=O) groups is 3. The maximum Gasteiger partial charge on any atom is 0.333 e. The van der Waals surface area contributed by atoms with Gasteiger partial charge in [0.1, 0.15) is 6.54 Å². The first-order valence-electron chi connectivity index (χ1n) is 9.70. The number of piperidine rings is 1. The summed E-state index contributed by atoms with van der Waals surface area (Å²) in [7, 11) is 0. The highest BCUT2D eigenvalue weighted by molar-refractivity contribution is 8.04. The minimum Gasteiger partial charge on any atom is -0.463 e. The summed E-state index contributed by atoms with van der Waals surface area (Å²) in [6.45, 7) is 3.41. The number of benzene rings is 1. The highest BCUT2D eigenvalue weighted by Gasteiger charge is 2.31. The van der Waals surface area contributed by atoms with Gasteiger partial charge in [-0.2, -0.15) is 0 Å². The van der Waals surface area contributed by atoms with E-state index in [4.69, 9.17) is 4.74 Å². The van der Waals surface area contributed by atoms with Crippen LogP contribution in [0.1, 0.15) is 25.3 Å². The second-order valence-corrected chi connectivity index (χ2v) is 8.01. The Bertz CT molecular complexity index is 742. The predicted molar refractivity (Wildman–Crippen MR) is 108 cm³/mol. The molecule has 0 N–H and O–H groups in total. The number of hydrogen-bond acceptors (Lipinski definition) is 5. The molecule has 2 amide bonds. The normalized spacial score (nSPS) is 19.3. The van der Waals surface area contributed by atoms with E-state index in [2.05, 4.69) is 24.3 Å². The van der Waals surface area contributed by atoms with E-state index in [0.717, 1.165) is 19.3 Å². The van der Waals surface area contributed by atoms with Gasteiger partial charge in [0.05, 0.1) is 23.5 Å². The summed E-state index contributed by atoms with van der Waals surface area (Å²) in [6, 6.07) is 10.4. The molecule has 150 valence electrons. The van der Waals surface area contributed by atoms with Gasteiger partial charge in [-0.05, 0) is 37.7 Å². The van der Waals surface area contributed by atoms with E-state index in [1.807, 2.05) is 11.0 Å². The highest BCUT2D eigenvalue weighted by atomic mass is 32.2. The van der Waals surface area contributed by atoms with E-state index < -0.39 is 5.97 Å². The molecule has 0 unspecified atom stereocenters. The van der Waals surface area contributed by atoms with Crippen molar-refractivity contribution in [2.24, 2.45) is 5.92 Å². The first-order chi connectivity index (χ1) is 13.6. The number of esters is 1. The molecule has 3 rings (SSSR count). The maximum absolute atomic E-state index is 12.7. The van der Waals surface area contributed by atoms with Crippen LogP contribution in [0.25, 0.3) is 0 Å². The fraction of sp³-hybridized carbons (Fsp3) is 0.476. The topological polar surface area (TPSA) is 66.9 Å². The number of carbonyl (C=O) groups excluding carboxylic acids is 3. The molecule has 28 heavy (non-hydrogen) atoms. The van der Waals surface area contributed by atoms with Crippen molar-refractivity contribution in [3.63, 3.8) is 0 Å². The van der Waals surface area contributed by atoms with E-state index in [1.165, 1.54) is 28.3 Å². The molecule has 0 aliphatic carbocycles. The number of thioether (sulfide) groups is 1. The van der Waals surface area contributed by atoms with Crippen LogP contribution in [0.4, 0.5) is 0 Å². The van der Waals surface area contributed by atoms with Crippen LogP contribution < -0.4 is 0 Å². The van der Waals surface area contributed by atoms with Gasteiger partial charge in [-0.1, -0.05) is 42.1 Å². The summed E-state index contributed by atoms with van der Waals surface area (Å²) in [5.41, 5.74) is 1.33. The Labute approximate surface area is 169 Å². The molecule has 0 aromatic heterocycles. The number of amides is 2. The third kappa shape index (κ3) is 5.38. The molecule has 2 fully saturated rings. The quantitative estimate of drug-likeness (QED) is 0.540. The Morgan fingerprint density at radius 1 is 1.21 bits per heavy atom. The second kappa shape index (κ2) is 9.78. The van der Waals surface area contributed by atoms with Gasteiger partial charge in [0.15, 0.2) is 0 Å². The van der Waals surface area contributed by atoms with Gasteiger partial charge in [-0.3, -0.25) is 14.5 Å². The van der Waals surface area contributed by atoms with Crippen molar-refractivity contribution in [3.05, 3.63) is 47.0 Å². The average Bonchev–Trinajstić information content (AvgIpc) is 3.03.